The van der Waals surface area contributed by atoms with Crippen molar-refractivity contribution in [1.82, 2.24) is 0 Å². The molecule has 3 aromatic carbocycles. The summed E-state index contributed by atoms with van der Waals surface area (Å²) in [6, 6.07) is 6.21. The van der Waals surface area contributed by atoms with Gasteiger partial charge in [-0.05, 0) is 22.0 Å². The Morgan fingerprint density at radius 2 is 1.46 bits per heavy atom. The van der Waals surface area contributed by atoms with Crippen LogP contribution in [0, 0.1) is 6.07 Å². The molecule has 15 heteroatoms. The molecular weight excluding hydrogens is 828 g/mol. The zero-order valence-corrected chi connectivity index (χ0v) is 30.8. The molecule has 0 amide bonds. The summed E-state index contributed by atoms with van der Waals surface area (Å²) < 4.78 is 13.4. The number of rotatable bonds is 0. The summed E-state index contributed by atoms with van der Waals surface area (Å²) in [5, 5.41) is 12.4. The summed E-state index contributed by atoms with van der Waals surface area (Å²) in [6.45, 7) is 0. The third kappa shape index (κ3) is 4.74. The first-order valence-electron chi connectivity index (χ1n) is 8.39. The van der Waals surface area contributed by atoms with Crippen molar-refractivity contribution in [2.45, 2.75) is 5.60 Å². The Morgan fingerprint density at radius 1 is 0.886 bits per heavy atom. The molecule has 5 nitrogen and oxygen atoms in total. The SMILES string of the molecule is O=C1OC2(c3cc(Br)[c-]c(Br)c3Oc3c2cc(Br)c([O-])c3Br)c2c(Cl)c(Cl)c(Cl)c(Cl)c21.[Na+].[Na+].[OH3+]. The van der Waals surface area contributed by atoms with Crippen LogP contribution in [0.4, 0.5) is 0 Å². The van der Waals surface area contributed by atoms with Crippen LogP contribution in [0.5, 0.6) is 17.2 Å². The fourth-order valence-corrected chi connectivity index (χ4v) is 7.30. The minimum Gasteiger partial charge on any atom is -0.871 e. The van der Waals surface area contributed by atoms with Crippen molar-refractivity contribution >= 4 is 116 Å². The summed E-state index contributed by atoms with van der Waals surface area (Å²) in [7, 11) is 0. The molecule has 5 rings (SSSR count). The van der Waals surface area contributed by atoms with Crippen LogP contribution in [0.3, 0.4) is 0 Å². The van der Waals surface area contributed by atoms with Crippen LogP contribution in [0.2, 0.25) is 20.1 Å². The van der Waals surface area contributed by atoms with E-state index in [-0.39, 0.29) is 122 Å². The average Bonchev–Trinajstić information content (AvgIpc) is 3.04. The average molecular weight is 833 g/mol. The second-order valence-corrected chi connectivity index (χ2v) is 11.5. The van der Waals surface area contributed by atoms with E-state index in [1.54, 1.807) is 6.07 Å². The molecule has 172 valence electrons. The molecule has 0 aromatic heterocycles. The number of hydrogen-bond acceptors (Lipinski definition) is 4. The van der Waals surface area contributed by atoms with Crippen LogP contribution < -0.4 is 69.0 Å². The van der Waals surface area contributed by atoms with Crippen molar-refractivity contribution in [3.05, 3.63) is 78.4 Å². The molecule has 2 heterocycles. The van der Waals surface area contributed by atoms with E-state index in [4.69, 9.17) is 55.9 Å². The monoisotopic (exact) mass is 827 g/mol. The van der Waals surface area contributed by atoms with Crippen molar-refractivity contribution in [1.29, 1.82) is 0 Å². The second kappa shape index (κ2) is 11.7. The third-order valence-corrected chi connectivity index (χ3v) is 9.20. The molecule has 2 aliphatic rings. The Bertz CT molecular complexity index is 1430. The number of hydrogen-bond donors (Lipinski definition) is 0. The molecule has 1 unspecified atom stereocenters. The standard InChI is InChI=1S/C20H3Br4Cl4O4.2Na.H2O/c21-4-1-5-17(8(23)2-4)31-18-6(3-7(22)16(29)11(18)24)20(5)10-9(19(30)32-20)12(25)14(27)15(28)13(10)26;;;/h1,3,29H;;;1H2/q-1;2*+1;. The summed E-state index contributed by atoms with van der Waals surface area (Å²) in [4.78, 5) is 13.2. The molecule has 0 aliphatic carbocycles. The van der Waals surface area contributed by atoms with Gasteiger partial charge in [0, 0.05) is 21.3 Å². The van der Waals surface area contributed by atoms with E-state index in [0.717, 1.165) is 0 Å². The molecule has 1 spiro atoms. The quantitative estimate of drug-likeness (QED) is 0.0866. The largest absolute Gasteiger partial charge is 1.00 e. The van der Waals surface area contributed by atoms with Gasteiger partial charge in [0.15, 0.2) is 5.60 Å². The van der Waals surface area contributed by atoms with E-state index < -0.39 is 11.6 Å². The summed E-state index contributed by atoms with van der Waals surface area (Å²) in [5.74, 6) is -0.715. The van der Waals surface area contributed by atoms with E-state index in [1.807, 2.05) is 0 Å². The number of esters is 1. The van der Waals surface area contributed by atoms with Gasteiger partial charge in [0.1, 0.15) is 5.75 Å². The normalized spacial score (nSPS) is 16.6. The van der Waals surface area contributed by atoms with Gasteiger partial charge in [-0.2, -0.15) is 6.07 Å². The zero-order chi connectivity index (χ0) is 23.3. The van der Waals surface area contributed by atoms with Crippen LogP contribution in [0.25, 0.3) is 0 Å². The number of halogens is 8. The van der Waals surface area contributed by atoms with Gasteiger partial charge in [0.2, 0.25) is 0 Å². The molecule has 2 aliphatic heterocycles. The minimum absolute atomic E-state index is 0. The van der Waals surface area contributed by atoms with E-state index >= 15 is 0 Å². The Labute approximate surface area is 296 Å². The topological polar surface area (TPSA) is 91.6 Å². The van der Waals surface area contributed by atoms with Gasteiger partial charge in [-0.3, -0.25) is 0 Å². The van der Waals surface area contributed by atoms with Gasteiger partial charge in [-0.25, -0.2) is 4.79 Å². The van der Waals surface area contributed by atoms with Crippen LogP contribution in [-0.4, -0.2) is 5.97 Å². The molecule has 0 fully saturated rings. The molecule has 0 saturated heterocycles. The summed E-state index contributed by atoms with van der Waals surface area (Å²) in [5.41, 5.74) is -0.746. The zero-order valence-electron chi connectivity index (χ0n) is 17.4. The number of carbonyl (C=O) groups excluding carboxylic acids is 1. The molecular formula is C20H5Br4Cl4Na2O5+. The predicted molar refractivity (Wildman–Crippen MR) is 139 cm³/mol. The van der Waals surface area contributed by atoms with Gasteiger partial charge in [-0.1, -0.05) is 114 Å². The first-order chi connectivity index (χ1) is 15.0. The Morgan fingerprint density at radius 3 is 2.09 bits per heavy atom. The van der Waals surface area contributed by atoms with Gasteiger partial charge >= 0.3 is 65.1 Å². The molecule has 0 radical (unpaired) electrons. The molecule has 3 aromatic rings. The van der Waals surface area contributed by atoms with Crippen molar-refractivity contribution in [2.24, 2.45) is 0 Å². The predicted octanol–water partition coefficient (Wildman–Crippen LogP) is 1.88. The number of ether oxygens (including phenoxy) is 2. The van der Waals surface area contributed by atoms with E-state index in [1.165, 1.54) is 6.07 Å². The smallest absolute Gasteiger partial charge is 0.871 e. The Kier molecular flexibility index (Phi) is 11.0. The second-order valence-electron chi connectivity index (χ2n) is 6.73. The fourth-order valence-electron chi connectivity index (χ4n) is 3.84. The summed E-state index contributed by atoms with van der Waals surface area (Å²) >= 11 is 39.1. The van der Waals surface area contributed by atoms with Gasteiger partial charge in [-0.15, -0.1) is 6.07 Å². The summed E-state index contributed by atoms with van der Waals surface area (Å²) in [6.07, 6.45) is 0. The van der Waals surface area contributed by atoms with Crippen LogP contribution >= 0.6 is 110 Å². The minimum atomic E-state index is -1.65. The first kappa shape index (κ1) is 33.0. The third-order valence-electron chi connectivity index (χ3n) is 5.11. The van der Waals surface area contributed by atoms with Crippen LogP contribution in [0.15, 0.2) is 30.0 Å². The van der Waals surface area contributed by atoms with Crippen molar-refractivity contribution in [2.75, 3.05) is 0 Å². The van der Waals surface area contributed by atoms with E-state index in [2.05, 4.69) is 69.8 Å². The maximum Gasteiger partial charge on any atom is 1.00 e. The number of fused-ring (bicyclic) bond motifs is 6. The van der Waals surface area contributed by atoms with Gasteiger partial charge < -0.3 is 20.1 Å². The van der Waals surface area contributed by atoms with E-state index in [9.17, 15) is 9.90 Å². The maximum absolute atomic E-state index is 13.2. The van der Waals surface area contributed by atoms with Crippen molar-refractivity contribution in [3.8, 4) is 17.2 Å². The van der Waals surface area contributed by atoms with Crippen LogP contribution in [0.1, 0.15) is 27.0 Å². The fraction of sp³-hybridized carbons (Fsp3) is 0.0500. The molecule has 0 bridgehead atoms. The Balaban J connectivity index is 0.00000144. The van der Waals surface area contributed by atoms with Crippen LogP contribution in [-0.2, 0) is 15.8 Å². The molecule has 0 saturated carbocycles. The van der Waals surface area contributed by atoms with Crippen molar-refractivity contribution < 1.29 is 84.0 Å². The van der Waals surface area contributed by atoms with E-state index in [0.29, 0.717) is 20.1 Å². The van der Waals surface area contributed by atoms with Gasteiger partial charge in [0.25, 0.3) is 0 Å². The molecule has 3 N–H and O–H groups in total. The Hall–Kier alpha value is 1.77. The first-order valence-corrected chi connectivity index (χ1v) is 13.1. The molecule has 35 heavy (non-hydrogen) atoms. The van der Waals surface area contributed by atoms with Crippen molar-refractivity contribution in [3.63, 3.8) is 0 Å². The number of carbonyl (C=O) groups is 1. The van der Waals surface area contributed by atoms with Gasteiger partial charge in [0.05, 0.1) is 30.1 Å². The number of benzene rings is 3. The molecule has 1 atom stereocenters. The maximum atomic E-state index is 13.2.